The van der Waals surface area contributed by atoms with Gasteiger partial charge in [0.05, 0.1) is 22.7 Å². The number of thiophene rings is 2. The molecule has 7 aromatic carbocycles. The molecule has 0 N–H and O–H groups in total. The Bertz CT molecular complexity index is 3310. The maximum absolute atomic E-state index is 9.59. The average molecular weight is 712 g/mol. The zero-order valence-electron chi connectivity index (χ0n) is 28.0. The second kappa shape index (κ2) is 11.7. The molecule has 0 saturated carbocycles. The van der Waals surface area contributed by atoms with Crippen molar-refractivity contribution in [2.24, 2.45) is 0 Å². The minimum atomic E-state index is 0.614. The van der Waals surface area contributed by atoms with Crippen molar-refractivity contribution in [3.63, 3.8) is 0 Å². The van der Waals surface area contributed by atoms with Crippen LogP contribution in [0.4, 0.5) is 0 Å². The van der Waals surface area contributed by atoms with Crippen molar-refractivity contribution in [2.75, 3.05) is 0 Å². The molecule has 0 spiro atoms. The number of benzene rings is 7. The number of aromatic nitrogens is 4. The van der Waals surface area contributed by atoms with E-state index in [2.05, 4.69) is 108 Å². The summed E-state index contributed by atoms with van der Waals surface area (Å²) in [5.41, 5.74) is 6.84. The highest BCUT2D eigenvalue weighted by atomic mass is 32.1. The monoisotopic (exact) mass is 711 g/mol. The van der Waals surface area contributed by atoms with Crippen LogP contribution >= 0.6 is 22.7 Å². The van der Waals surface area contributed by atoms with E-state index in [1.165, 1.54) is 25.6 Å². The van der Waals surface area contributed by atoms with E-state index in [1.807, 2.05) is 65.9 Å². The molecule has 0 aliphatic carbocycles. The van der Waals surface area contributed by atoms with Gasteiger partial charge in [-0.15, -0.1) is 22.7 Å². The standard InChI is InChI=1S/C46H25N5S2/c47-26-27-17-21-42-36(23-27)33-13-8-14-34(43(33)53-42)46-49-44(28-9-2-1-3-10-28)48-45(50-46)29-18-20-39-35(24-29)31-11-4-6-15-38(31)51(39)30-19-22-41-37(25-30)32-12-5-7-16-40(32)52-41/h1-25H. The second-order valence-electron chi connectivity index (χ2n) is 13.1. The molecule has 0 atom stereocenters. The zero-order valence-corrected chi connectivity index (χ0v) is 29.6. The first-order valence-corrected chi connectivity index (χ1v) is 19.0. The smallest absolute Gasteiger partial charge is 0.165 e. The number of nitrogens with zero attached hydrogens (tertiary/aromatic N) is 5. The predicted octanol–water partition coefficient (Wildman–Crippen LogP) is 12.6. The third kappa shape index (κ3) is 4.70. The van der Waals surface area contributed by atoms with E-state index < -0.39 is 0 Å². The second-order valence-corrected chi connectivity index (χ2v) is 15.3. The van der Waals surface area contributed by atoms with Crippen LogP contribution in [0.25, 0.3) is 102 Å². The predicted molar refractivity (Wildman–Crippen MR) is 221 cm³/mol. The van der Waals surface area contributed by atoms with E-state index in [9.17, 15) is 5.26 Å². The van der Waals surface area contributed by atoms with Gasteiger partial charge < -0.3 is 4.57 Å². The first-order valence-electron chi connectivity index (χ1n) is 17.3. The van der Waals surface area contributed by atoms with Crippen LogP contribution in [0, 0.1) is 11.3 Å². The zero-order chi connectivity index (χ0) is 35.0. The summed E-state index contributed by atoms with van der Waals surface area (Å²) in [5, 5.41) is 16.6. The maximum atomic E-state index is 9.59. The molecule has 7 heteroatoms. The molecule has 4 aromatic heterocycles. The van der Waals surface area contributed by atoms with Gasteiger partial charge in [-0.2, -0.15) is 5.26 Å². The van der Waals surface area contributed by atoms with Crippen LogP contribution in [0.3, 0.4) is 0 Å². The van der Waals surface area contributed by atoms with Crippen LogP contribution in [0.1, 0.15) is 5.56 Å². The molecular weight excluding hydrogens is 687 g/mol. The number of rotatable bonds is 4. The van der Waals surface area contributed by atoms with Crippen molar-refractivity contribution in [3.8, 4) is 45.9 Å². The molecule has 53 heavy (non-hydrogen) atoms. The molecule has 0 aliphatic rings. The summed E-state index contributed by atoms with van der Waals surface area (Å²) < 4.78 is 7.17. The molecule has 0 amide bonds. The number of hydrogen-bond acceptors (Lipinski definition) is 6. The molecular formula is C46H25N5S2. The number of nitriles is 1. The summed E-state index contributed by atoms with van der Waals surface area (Å²) in [6.07, 6.45) is 0. The lowest BCUT2D eigenvalue weighted by Gasteiger charge is -2.10. The van der Waals surface area contributed by atoms with Crippen LogP contribution < -0.4 is 0 Å². The molecule has 5 nitrogen and oxygen atoms in total. The van der Waals surface area contributed by atoms with E-state index in [1.54, 1.807) is 11.3 Å². The van der Waals surface area contributed by atoms with Crippen molar-refractivity contribution in [2.45, 2.75) is 0 Å². The van der Waals surface area contributed by atoms with Crippen molar-refractivity contribution in [3.05, 3.63) is 157 Å². The Balaban J connectivity index is 1.12. The van der Waals surface area contributed by atoms with Gasteiger partial charge in [-0.25, -0.2) is 15.0 Å². The highest BCUT2D eigenvalue weighted by molar-refractivity contribution is 7.26. The molecule has 0 unspecified atom stereocenters. The summed E-state index contributed by atoms with van der Waals surface area (Å²) >= 11 is 3.54. The summed E-state index contributed by atoms with van der Waals surface area (Å²) in [6, 6.07) is 55.1. The molecule has 0 fully saturated rings. The van der Waals surface area contributed by atoms with Gasteiger partial charge in [0.2, 0.25) is 0 Å². The molecule has 0 radical (unpaired) electrons. The average Bonchev–Trinajstić information content (AvgIpc) is 3.89. The highest BCUT2D eigenvalue weighted by Crippen LogP contribution is 2.41. The molecule has 11 rings (SSSR count). The van der Waals surface area contributed by atoms with E-state index in [-0.39, 0.29) is 0 Å². The van der Waals surface area contributed by atoms with Crippen molar-refractivity contribution < 1.29 is 0 Å². The molecule has 0 saturated heterocycles. The van der Waals surface area contributed by atoms with E-state index in [0.717, 1.165) is 59.0 Å². The van der Waals surface area contributed by atoms with Gasteiger partial charge in [0.25, 0.3) is 0 Å². The lowest BCUT2D eigenvalue weighted by Crippen LogP contribution is -2.00. The maximum Gasteiger partial charge on any atom is 0.165 e. The number of fused-ring (bicyclic) bond motifs is 9. The van der Waals surface area contributed by atoms with Gasteiger partial charge in [0.1, 0.15) is 0 Å². The Morgan fingerprint density at radius 3 is 2.02 bits per heavy atom. The summed E-state index contributed by atoms with van der Waals surface area (Å²) in [5.74, 6) is 1.85. The molecule has 11 aromatic rings. The van der Waals surface area contributed by atoms with E-state index in [0.29, 0.717) is 23.0 Å². The lowest BCUT2D eigenvalue weighted by molar-refractivity contribution is 1.08. The third-order valence-corrected chi connectivity index (χ3v) is 12.5. The summed E-state index contributed by atoms with van der Waals surface area (Å²) in [4.78, 5) is 15.4. The molecule has 4 heterocycles. The Hall–Kier alpha value is -6.72. The van der Waals surface area contributed by atoms with Crippen LogP contribution in [0.2, 0.25) is 0 Å². The van der Waals surface area contributed by atoms with Crippen molar-refractivity contribution in [1.82, 2.24) is 19.5 Å². The van der Waals surface area contributed by atoms with E-state index >= 15 is 0 Å². The fraction of sp³-hybridized carbons (Fsp3) is 0. The van der Waals surface area contributed by atoms with Gasteiger partial charge in [-0.1, -0.05) is 78.9 Å². The normalized spacial score (nSPS) is 11.8. The Morgan fingerprint density at radius 1 is 0.453 bits per heavy atom. The number of hydrogen-bond donors (Lipinski definition) is 0. The Labute approximate surface area is 311 Å². The largest absolute Gasteiger partial charge is 0.309 e. The SMILES string of the molecule is N#Cc1ccc2sc3c(-c4nc(-c5ccccc5)nc(-c5ccc6c(c5)c5ccccc5n6-c5ccc6sc7ccccc7c6c5)n4)cccc3c2c1. The Morgan fingerprint density at radius 2 is 1.13 bits per heavy atom. The third-order valence-electron chi connectivity index (χ3n) is 10.1. The van der Waals surface area contributed by atoms with Gasteiger partial charge in [0, 0.05) is 73.5 Å². The number of para-hydroxylation sites is 1. The summed E-state index contributed by atoms with van der Waals surface area (Å²) in [7, 11) is 0. The minimum absolute atomic E-state index is 0.614. The van der Waals surface area contributed by atoms with Crippen LogP contribution in [0.15, 0.2) is 152 Å². The van der Waals surface area contributed by atoms with E-state index in [4.69, 9.17) is 15.0 Å². The molecule has 0 aliphatic heterocycles. The van der Waals surface area contributed by atoms with Gasteiger partial charge in [0.15, 0.2) is 17.5 Å². The fourth-order valence-electron chi connectivity index (χ4n) is 7.63. The molecule has 0 bridgehead atoms. The molecule has 246 valence electrons. The van der Waals surface area contributed by atoms with Gasteiger partial charge >= 0.3 is 0 Å². The van der Waals surface area contributed by atoms with Crippen LogP contribution in [0.5, 0.6) is 0 Å². The first-order chi connectivity index (χ1) is 26.2. The Kier molecular flexibility index (Phi) is 6.59. The summed E-state index contributed by atoms with van der Waals surface area (Å²) in [6.45, 7) is 0. The highest BCUT2D eigenvalue weighted by Gasteiger charge is 2.19. The lowest BCUT2D eigenvalue weighted by atomic mass is 10.1. The topological polar surface area (TPSA) is 67.4 Å². The fourth-order valence-corrected chi connectivity index (χ4v) is 9.91. The van der Waals surface area contributed by atoms with Crippen LogP contribution in [-0.4, -0.2) is 19.5 Å². The van der Waals surface area contributed by atoms with Crippen molar-refractivity contribution >= 4 is 84.8 Å². The van der Waals surface area contributed by atoms with Crippen LogP contribution in [-0.2, 0) is 0 Å². The first kappa shape index (κ1) is 30.0. The van der Waals surface area contributed by atoms with Gasteiger partial charge in [-0.05, 0) is 72.8 Å². The van der Waals surface area contributed by atoms with Crippen molar-refractivity contribution in [1.29, 1.82) is 5.26 Å². The quantitative estimate of drug-likeness (QED) is 0.182. The minimum Gasteiger partial charge on any atom is -0.309 e. The van der Waals surface area contributed by atoms with Gasteiger partial charge in [-0.3, -0.25) is 0 Å².